The predicted molar refractivity (Wildman–Crippen MR) is 101 cm³/mol. The summed E-state index contributed by atoms with van der Waals surface area (Å²) < 4.78 is 0. The number of fused-ring (bicyclic) bond motifs is 2. The van der Waals surface area contributed by atoms with Gasteiger partial charge >= 0.3 is 0 Å². The lowest BCUT2D eigenvalue weighted by Gasteiger charge is -2.46. The van der Waals surface area contributed by atoms with Crippen molar-refractivity contribution in [3.63, 3.8) is 0 Å². The fourth-order valence-corrected chi connectivity index (χ4v) is 4.51. The molecule has 3 heterocycles. The number of piperazine rings is 1. The third-order valence-electron chi connectivity index (χ3n) is 5.68. The molecule has 3 rings (SSSR count). The van der Waals surface area contributed by atoms with Gasteiger partial charge < -0.3 is 25.6 Å². The van der Waals surface area contributed by atoms with Crippen molar-refractivity contribution in [2.75, 3.05) is 33.2 Å². The minimum Gasteiger partial charge on any atom is -0.550 e. The van der Waals surface area contributed by atoms with Gasteiger partial charge in [-0.2, -0.15) is 0 Å². The zero-order valence-electron chi connectivity index (χ0n) is 14.1. The topological polar surface area (TPSA) is 90.1 Å². The highest BCUT2D eigenvalue weighted by atomic mass is 35.5. The van der Waals surface area contributed by atoms with Gasteiger partial charge in [0.15, 0.2) is 0 Å². The molecule has 3 unspecified atom stereocenters. The zero-order valence-corrected chi connectivity index (χ0v) is 16.6. The first-order chi connectivity index (χ1) is 9.65. The average molecular weight is 408 g/mol. The molecule has 0 saturated carbocycles. The molecular weight excluding hydrogens is 377 g/mol. The number of hydrogen-bond donors (Lipinski definition) is 1. The molecule has 0 radical (unpaired) electrons. The Bertz CT molecular complexity index is 365. The molecule has 3 aliphatic rings. The molecular formula is C15H31Cl3N3O3-. The van der Waals surface area contributed by atoms with E-state index in [0.29, 0.717) is 12.6 Å². The second kappa shape index (κ2) is 11.7. The summed E-state index contributed by atoms with van der Waals surface area (Å²) in [5.74, 6) is -0.205. The lowest BCUT2D eigenvalue weighted by atomic mass is 9.83. The van der Waals surface area contributed by atoms with Gasteiger partial charge in [0.25, 0.3) is 0 Å². The van der Waals surface area contributed by atoms with Gasteiger partial charge in [0.2, 0.25) is 0 Å². The molecule has 0 aromatic rings. The van der Waals surface area contributed by atoms with Crippen LogP contribution >= 0.6 is 37.2 Å². The number of halogens is 3. The number of hydrogen-bond acceptors (Lipinski definition) is 5. The maximum absolute atomic E-state index is 10.7. The summed E-state index contributed by atoms with van der Waals surface area (Å²) >= 11 is 0. The minimum atomic E-state index is -0.925. The van der Waals surface area contributed by atoms with Gasteiger partial charge in [0.05, 0.1) is 0 Å². The number of aliphatic carboxylic acids is 1. The largest absolute Gasteiger partial charge is 0.550 e. The van der Waals surface area contributed by atoms with Crippen molar-refractivity contribution in [1.82, 2.24) is 15.1 Å². The van der Waals surface area contributed by atoms with Crippen molar-refractivity contribution in [3.8, 4) is 0 Å². The highest BCUT2D eigenvalue weighted by Gasteiger charge is 2.42. The molecule has 3 saturated heterocycles. The van der Waals surface area contributed by atoms with Gasteiger partial charge in [-0.3, -0.25) is 4.90 Å². The molecule has 3 N–H and O–H groups in total. The molecule has 0 aromatic heterocycles. The number of carboxylic acid groups (broad SMARTS) is 1. The summed E-state index contributed by atoms with van der Waals surface area (Å²) in [6.07, 6.45) is 5.41. The molecule has 9 heteroatoms. The Labute approximate surface area is 163 Å². The number of carboxylic acids is 1. The maximum atomic E-state index is 10.7. The smallest absolute Gasteiger partial charge is 0.0427 e. The fourth-order valence-electron chi connectivity index (χ4n) is 4.51. The first-order valence-corrected chi connectivity index (χ1v) is 8.01. The van der Waals surface area contributed by atoms with E-state index in [0.717, 1.165) is 37.6 Å². The van der Waals surface area contributed by atoms with Crippen LogP contribution in [0.15, 0.2) is 0 Å². The Morgan fingerprint density at radius 3 is 2.29 bits per heavy atom. The van der Waals surface area contributed by atoms with Crippen LogP contribution in [0.4, 0.5) is 0 Å². The highest BCUT2D eigenvalue weighted by Crippen LogP contribution is 2.39. The number of rotatable bonds is 4. The molecule has 0 aliphatic carbocycles. The van der Waals surface area contributed by atoms with Crippen LogP contribution in [-0.2, 0) is 4.79 Å². The second-order valence-electron chi connectivity index (χ2n) is 6.71. The first-order valence-electron chi connectivity index (χ1n) is 8.01. The van der Waals surface area contributed by atoms with Crippen LogP contribution in [0.2, 0.25) is 0 Å². The average Bonchev–Trinajstić information content (AvgIpc) is 2.67. The summed E-state index contributed by atoms with van der Waals surface area (Å²) in [4.78, 5) is 15.7. The Hall–Kier alpha value is 0.180. The van der Waals surface area contributed by atoms with E-state index < -0.39 is 5.97 Å². The zero-order chi connectivity index (χ0) is 14.1. The third-order valence-corrected chi connectivity index (χ3v) is 5.68. The molecule has 2 bridgehead atoms. The fraction of sp³-hybridized carbons (Fsp3) is 0.933. The Kier molecular flexibility index (Phi) is 12.9. The van der Waals surface area contributed by atoms with Gasteiger partial charge in [-0.25, -0.2) is 0 Å². The summed E-state index contributed by atoms with van der Waals surface area (Å²) in [5.41, 5.74) is 0. The monoisotopic (exact) mass is 406 g/mol. The Morgan fingerprint density at radius 2 is 1.75 bits per heavy atom. The number of nitrogens with one attached hydrogen (secondary N) is 1. The van der Waals surface area contributed by atoms with E-state index in [-0.39, 0.29) is 49.1 Å². The maximum Gasteiger partial charge on any atom is 0.0427 e. The first kappa shape index (κ1) is 26.4. The van der Waals surface area contributed by atoms with Crippen LogP contribution in [0.5, 0.6) is 0 Å². The standard InChI is InChI=1S/C15H27N3O2.3ClH.H2O/c1-17-12-2-3-13(17)9-11(8-12)14-10-16-5-7-18(14)6-4-15(19)20;;;;/h11-14,16H,2-10H2,1H3,(H,19,20);3*1H;1H2/p-1. The van der Waals surface area contributed by atoms with E-state index in [1.54, 1.807) is 0 Å². The summed E-state index contributed by atoms with van der Waals surface area (Å²) in [6.45, 7) is 3.61. The number of piperidine rings is 1. The van der Waals surface area contributed by atoms with Crippen molar-refractivity contribution in [2.24, 2.45) is 5.92 Å². The van der Waals surface area contributed by atoms with Crippen molar-refractivity contribution in [3.05, 3.63) is 0 Å². The molecule has 0 aromatic carbocycles. The van der Waals surface area contributed by atoms with Crippen LogP contribution in [0.25, 0.3) is 0 Å². The van der Waals surface area contributed by atoms with E-state index in [1.807, 2.05) is 0 Å². The lowest BCUT2D eigenvalue weighted by molar-refractivity contribution is -0.306. The van der Waals surface area contributed by atoms with Gasteiger partial charge in [0.1, 0.15) is 0 Å². The normalized spacial score (nSPS) is 32.5. The number of carbonyl (C=O) groups is 1. The highest BCUT2D eigenvalue weighted by molar-refractivity contribution is 5.86. The van der Waals surface area contributed by atoms with Crippen molar-refractivity contribution in [1.29, 1.82) is 0 Å². The minimum absolute atomic E-state index is 0. The molecule has 6 nitrogen and oxygen atoms in total. The van der Waals surface area contributed by atoms with Crippen LogP contribution in [0, 0.1) is 5.92 Å². The molecule has 3 fully saturated rings. The molecule has 146 valence electrons. The SMILES string of the molecule is CN1C2CCC1CC(C1CNCCN1CCC(=O)[O-])C2.Cl.Cl.Cl.O. The molecule has 24 heavy (non-hydrogen) atoms. The molecule has 0 spiro atoms. The van der Waals surface area contributed by atoms with Gasteiger partial charge in [-0.05, 0) is 45.1 Å². The van der Waals surface area contributed by atoms with Crippen molar-refractivity contribution >= 4 is 43.2 Å². The van der Waals surface area contributed by atoms with E-state index in [4.69, 9.17) is 0 Å². The van der Waals surface area contributed by atoms with Crippen LogP contribution in [0.3, 0.4) is 0 Å². The van der Waals surface area contributed by atoms with E-state index in [1.165, 1.54) is 25.7 Å². The van der Waals surface area contributed by atoms with Gasteiger partial charge in [-0.15, -0.1) is 37.2 Å². The van der Waals surface area contributed by atoms with Crippen molar-refractivity contribution < 1.29 is 15.4 Å². The van der Waals surface area contributed by atoms with Gasteiger partial charge in [0, 0.05) is 50.3 Å². The number of carbonyl (C=O) groups excluding carboxylic acids is 1. The third kappa shape index (κ3) is 5.87. The van der Waals surface area contributed by atoms with Crippen LogP contribution < -0.4 is 10.4 Å². The summed E-state index contributed by atoms with van der Waals surface area (Å²) in [7, 11) is 2.27. The second-order valence-corrected chi connectivity index (χ2v) is 6.71. The van der Waals surface area contributed by atoms with Crippen LogP contribution in [-0.4, -0.2) is 72.6 Å². The molecule has 3 aliphatic heterocycles. The lowest BCUT2D eigenvalue weighted by Crippen LogP contribution is -2.57. The van der Waals surface area contributed by atoms with E-state index in [2.05, 4.69) is 22.2 Å². The quantitative estimate of drug-likeness (QED) is 0.692. The van der Waals surface area contributed by atoms with Crippen molar-refractivity contribution in [2.45, 2.75) is 50.2 Å². The predicted octanol–water partition coefficient (Wildman–Crippen LogP) is -0.286. The van der Waals surface area contributed by atoms with Crippen LogP contribution in [0.1, 0.15) is 32.1 Å². The molecule has 3 atom stereocenters. The number of nitrogens with zero attached hydrogens (tertiary/aromatic N) is 2. The Morgan fingerprint density at radius 1 is 1.17 bits per heavy atom. The Balaban J connectivity index is 0. The van der Waals surface area contributed by atoms with E-state index >= 15 is 0 Å². The summed E-state index contributed by atoms with van der Waals surface area (Å²) in [5, 5.41) is 14.2. The summed E-state index contributed by atoms with van der Waals surface area (Å²) in [6, 6.07) is 2.02. The molecule has 0 amide bonds. The van der Waals surface area contributed by atoms with Gasteiger partial charge in [-0.1, -0.05) is 0 Å². The van der Waals surface area contributed by atoms with E-state index in [9.17, 15) is 9.90 Å².